The number of allylic oxidation sites excluding steroid dienone is 10. The molecule has 0 spiro atoms. The number of nitrogens with one attached hydrogen (secondary N) is 1. The molecule has 226 valence electrons. The quantitative estimate of drug-likeness (QED) is 0.288. The van der Waals surface area contributed by atoms with Crippen molar-refractivity contribution >= 4 is 5.57 Å². The molecule has 1 N–H and O–H groups in total. The predicted molar refractivity (Wildman–Crippen MR) is 186 cm³/mol. The smallest absolute Gasteiger partial charge is 0.0236 e. The maximum absolute atomic E-state index is 4.18. The van der Waals surface area contributed by atoms with E-state index in [1.54, 1.807) is 11.8 Å². The lowest BCUT2D eigenvalue weighted by atomic mass is 9.73. The number of piperidine rings is 1. The molecule has 1 heterocycles. The van der Waals surface area contributed by atoms with Crippen LogP contribution in [0.2, 0.25) is 0 Å². The summed E-state index contributed by atoms with van der Waals surface area (Å²) in [7, 11) is 0. The van der Waals surface area contributed by atoms with Gasteiger partial charge < -0.3 is 5.32 Å². The Hall–Kier alpha value is -3.10. The lowest BCUT2D eigenvalue weighted by molar-refractivity contribution is 0.180. The first-order chi connectivity index (χ1) is 20.2. The Bertz CT molecular complexity index is 1240. The molecule has 0 saturated carbocycles. The van der Waals surface area contributed by atoms with Gasteiger partial charge in [0.1, 0.15) is 0 Å². The van der Waals surface area contributed by atoms with Gasteiger partial charge in [-0.05, 0) is 116 Å². The van der Waals surface area contributed by atoms with Gasteiger partial charge in [-0.15, -0.1) is 0 Å². The van der Waals surface area contributed by atoms with Gasteiger partial charge in [0.25, 0.3) is 0 Å². The van der Waals surface area contributed by atoms with Crippen molar-refractivity contribution in [1.82, 2.24) is 10.2 Å². The fourth-order valence-corrected chi connectivity index (χ4v) is 6.27. The zero-order chi connectivity index (χ0) is 30.5. The third-order valence-electron chi connectivity index (χ3n) is 9.20. The van der Waals surface area contributed by atoms with E-state index >= 15 is 0 Å². The second-order valence-corrected chi connectivity index (χ2v) is 12.5. The van der Waals surface area contributed by atoms with E-state index in [9.17, 15) is 0 Å². The first-order valence-electron chi connectivity index (χ1n) is 16.2. The second-order valence-electron chi connectivity index (χ2n) is 12.5. The third kappa shape index (κ3) is 9.20. The van der Waals surface area contributed by atoms with E-state index in [0.29, 0.717) is 5.92 Å². The van der Waals surface area contributed by atoms with Gasteiger partial charge in [-0.25, -0.2) is 0 Å². The number of aryl methyl sites for hydroxylation is 1. The van der Waals surface area contributed by atoms with E-state index in [2.05, 4.69) is 125 Å². The van der Waals surface area contributed by atoms with Crippen molar-refractivity contribution in [2.24, 2.45) is 5.92 Å². The molecule has 0 aromatic heterocycles. The molecular weight excluding hydrogens is 508 g/mol. The largest absolute Gasteiger partial charge is 0.366 e. The SMILES string of the molecule is C=C(C)c1ccc(C2(C)CCN(CC3=C(C4=CC=CCC=C4)CCC=C3)CC2)cc1CC.C=CNC(=C)C(C)CCC. The van der Waals surface area contributed by atoms with E-state index in [1.807, 2.05) is 0 Å². The zero-order valence-electron chi connectivity index (χ0n) is 27.3. The molecule has 1 unspecified atom stereocenters. The summed E-state index contributed by atoms with van der Waals surface area (Å²) >= 11 is 0. The van der Waals surface area contributed by atoms with Crippen molar-refractivity contribution in [1.29, 1.82) is 0 Å². The lowest BCUT2D eigenvalue weighted by Crippen LogP contribution is -2.41. The van der Waals surface area contributed by atoms with Crippen molar-refractivity contribution in [3.05, 3.63) is 126 Å². The summed E-state index contributed by atoms with van der Waals surface area (Å²) in [5.74, 6) is 0.558. The van der Waals surface area contributed by atoms with Crippen LogP contribution in [0.5, 0.6) is 0 Å². The molecule has 0 amide bonds. The molecule has 1 aliphatic heterocycles. The number of nitrogens with zero attached hydrogens (tertiary/aromatic N) is 1. The molecule has 1 aromatic carbocycles. The maximum Gasteiger partial charge on any atom is 0.0236 e. The highest BCUT2D eigenvalue weighted by atomic mass is 15.1. The Morgan fingerprint density at radius 1 is 1.10 bits per heavy atom. The highest BCUT2D eigenvalue weighted by molar-refractivity contribution is 5.65. The average Bonchev–Trinajstić information content (AvgIpc) is 3.28. The van der Waals surface area contributed by atoms with Gasteiger partial charge in [-0.3, -0.25) is 4.90 Å². The van der Waals surface area contributed by atoms with Gasteiger partial charge in [0, 0.05) is 12.2 Å². The molecule has 42 heavy (non-hydrogen) atoms. The summed E-state index contributed by atoms with van der Waals surface area (Å²) in [5.41, 5.74) is 11.3. The van der Waals surface area contributed by atoms with Crippen molar-refractivity contribution in [2.45, 2.75) is 91.4 Å². The molecule has 0 radical (unpaired) electrons. The predicted octanol–water partition coefficient (Wildman–Crippen LogP) is 10.4. The molecule has 1 atom stereocenters. The van der Waals surface area contributed by atoms with Gasteiger partial charge in [0.2, 0.25) is 0 Å². The van der Waals surface area contributed by atoms with Crippen LogP contribution in [0.1, 0.15) is 96.3 Å². The van der Waals surface area contributed by atoms with Crippen molar-refractivity contribution < 1.29 is 0 Å². The molecule has 1 aromatic rings. The molecule has 2 nitrogen and oxygen atoms in total. The molecule has 3 aliphatic rings. The summed E-state index contributed by atoms with van der Waals surface area (Å²) in [4.78, 5) is 2.67. The Balaban J connectivity index is 0.000000416. The fraction of sp³-hybridized carbons (Fsp3) is 0.450. The minimum Gasteiger partial charge on any atom is -0.366 e. The number of likely N-dealkylation sites (tertiary alicyclic amines) is 1. The highest BCUT2D eigenvalue weighted by Gasteiger charge is 2.32. The molecule has 2 heteroatoms. The number of benzene rings is 1. The average molecular weight is 565 g/mol. The molecule has 4 rings (SSSR count). The van der Waals surface area contributed by atoms with Crippen LogP contribution >= 0.6 is 0 Å². The van der Waals surface area contributed by atoms with Gasteiger partial charge in [-0.1, -0.05) is 120 Å². The minimum absolute atomic E-state index is 0.269. The fourth-order valence-electron chi connectivity index (χ4n) is 6.27. The Kier molecular flexibility index (Phi) is 13.1. The van der Waals surface area contributed by atoms with Crippen LogP contribution in [0.3, 0.4) is 0 Å². The number of hydrogen-bond acceptors (Lipinski definition) is 2. The van der Waals surface area contributed by atoms with E-state index in [-0.39, 0.29) is 5.41 Å². The Morgan fingerprint density at radius 2 is 1.86 bits per heavy atom. The van der Waals surface area contributed by atoms with Crippen LogP contribution < -0.4 is 5.32 Å². The van der Waals surface area contributed by atoms with Gasteiger partial charge in [0.05, 0.1) is 0 Å². The van der Waals surface area contributed by atoms with Gasteiger partial charge in [0.15, 0.2) is 0 Å². The first kappa shape index (κ1) is 33.4. The van der Waals surface area contributed by atoms with E-state index in [0.717, 1.165) is 37.9 Å². The van der Waals surface area contributed by atoms with Crippen LogP contribution in [0.15, 0.2) is 109 Å². The monoisotopic (exact) mass is 564 g/mol. The summed E-state index contributed by atoms with van der Waals surface area (Å²) in [6.45, 7) is 26.2. The van der Waals surface area contributed by atoms with Crippen LogP contribution in [0.25, 0.3) is 5.57 Å². The van der Waals surface area contributed by atoms with Crippen LogP contribution in [0.4, 0.5) is 0 Å². The van der Waals surface area contributed by atoms with E-state index < -0.39 is 0 Å². The zero-order valence-corrected chi connectivity index (χ0v) is 27.3. The van der Waals surface area contributed by atoms with Crippen molar-refractivity contribution in [3.8, 4) is 0 Å². The first-order valence-corrected chi connectivity index (χ1v) is 16.2. The Morgan fingerprint density at radius 3 is 2.52 bits per heavy atom. The summed E-state index contributed by atoms with van der Waals surface area (Å²) in [6.07, 6.45) is 27.1. The summed E-state index contributed by atoms with van der Waals surface area (Å²) in [5, 5.41) is 3.00. The van der Waals surface area contributed by atoms with Crippen molar-refractivity contribution in [3.63, 3.8) is 0 Å². The Labute approximate surface area is 258 Å². The van der Waals surface area contributed by atoms with Crippen LogP contribution in [-0.2, 0) is 11.8 Å². The van der Waals surface area contributed by atoms with E-state index in [4.69, 9.17) is 0 Å². The third-order valence-corrected chi connectivity index (χ3v) is 9.20. The summed E-state index contributed by atoms with van der Waals surface area (Å²) < 4.78 is 0. The molecule has 2 aliphatic carbocycles. The van der Waals surface area contributed by atoms with E-state index in [1.165, 1.54) is 72.2 Å². The van der Waals surface area contributed by atoms with Crippen LogP contribution in [-0.4, -0.2) is 24.5 Å². The minimum atomic E-state index is 0.269. The van der Waals surface area contributed by atoms with Crippen molar-refractivity contribution in [2.75, 3.05) is 19.6 Å². The van der Waals surface area contributed by atoms with Crippen LogP contribution in [0, 0.1) is 5.92 Å². The molecule has 1 fully saturated rings. The standard InChI is InChI=1S/C31H39N.C9H17N/c1-5-25-22-28(16-17-29(25)24(2)3)31(4)18-20-32(21-19-31)23-27-14-10-11-15-30(27)26-12-8-6-7-9-13-26;1-5-7-8(3)9(4)10-6-2/h6,8-10,12-14,16-17,22H,2,5,7,11,15,18-21,23H2,1,3-4H3;6,8,10H,2,4-5,7H2,1,3H3. The number of rotatable bonds is 11. The normalized spacial score (nSPS) is 18.8. The summed E-state index contributed by atoms with van der Waals surface area (Å²) in [6, 6.07) is 7.13. The molecule has 1 saturated heterocycles. The van der Waals surface area contributed by atoms with Gasteiger partial charge in [-0.2, -0.15) is 0 Å². The second kappa shape index (κ2) is 16.5. The lowest BCUT2D eigenvalue weighted by Gasteiger charge is -2.40. The molecular formula is C40H56N2. The molecule has 0 bridgehead atoms. The topological polar surface area (TPSA) is 15.3 Å². The van der Waals surface area contributed by atoms with Gasteiger partial charge >= 0.3 is 0 Å². The highest BCUT2D eigenvalue weighted by Crippen LogP contribution is 2.37. The number of hydrogen-bond donors (Lipinski definition) is 1. The maximum atomic E-state index is 4.18.